The fourth-order valence-electron chi connectivity index (χ4n) is 3.67. The van der Waals surface area contributed by atoms with E-state index in [1.54, 1.807) is 21.3 Å². The molecule has 2 N–H and O–H groups in total. The molecule has 0 atom stereocenters. The predicted molar refractivity (Wildman–Crippen MR) is 187 cm³/mol. The van der Waals surface area contributed by atoms with E-state index in [1.807, 2.05) is 0 Å². The highest BCUT2D eigenvalue weighted by molar-refractivity contribution is 5.70. The summed E-state index contributed by atoms with van der Waals surface area (Å²) in [4.78, 5) is 36.2. The number of hydrogen-bond acceptors (Lipinski definition) is 19. The van der Waals surface area contributed by atoms with E-state index in [2.05, 4.69) is 0 Å². The van der Waals surface area contributed by atoms with Gasteiger partial charge < -0.3 is 76.8 Å². The zero-order valence-electron chi connectivity index (χ0n) is 32.0. The highest BCUT2D eigenvalue weighted by Gasteiger charge is 2.27. The van der Waals surface area contributed by atoms with Crippen LogP contribution in [0, 0.1) is 0 Å². The van der Waals surface area contributed by atoms with E-state index in [0.717, 1.165) is 0 Å². The topological polar surface area (TPSA) is 216 Å². The van der Waals surface area contributed by atoms with Gasteiger partial charge >= 0.3 is 17.9 Å². The number of methoxy groups -OCH3 is 3. The van der Waals surface area contributed by atoms with Crippen LogP contribution in [-0.2, 0) is 85.4 Å². The zero-order valence-corrected chi connectivity index (χ0v) is 32.0. The van der Waals surface area contributed by atoms with E-state index in [0.29, 0.717) is 79.3 Å². The molecule has 314 valence electrons. The summed E-state index contributed by atoms with van der Waals surface area (Å²) in [7, 11) is 4.78. The Balaban J connectivity index is 4.41. The third kappa shape index (κ3) is 38.0. The Morgan fingerprint density at radius 2 is 0.566 bits per heavy atom. The molecule has 0 saturated carbocycles. The largest absolute Gasteiger partial charge is 0.463 e. The third-order valence-electron chi connectivity index (χ3n) is 6.40. The van der Waals surface area contributed by atoms with Crippen molar-refractivity contribution in [3.05, 3.63) is 0 Å². The summed E-state index contributed by atoms with van der Waals surface area (Å²) in [6.07, 6.45) is -0.0276. The molecule has 19 nitrogen and oxygen atoms in total. The predicted octanol–water partition coefficient (Wildman–Crippen LogP) is -0.428. The van der Waals surface area contributed by atoms with Crippen LogP contribution in [0.4, 0.5) is 0 Å². The van der Waals surface area contributed by atoms with Crippen molar-refractivity contribution in [2.75, 3.05) is 180 Å². The second-order valence-corrected chi connectivity index (χ2v) is 11.1. The molecular formula is C34H65NO18. The molecule has 0 aliphatic rings. The van der Waals surface area contributed by atoms with Crippen LogP contribution in [0.15, 0.2) is 0 Å². The minimum absolute atomic E-state index is 0.00921. The summed E-state index contributed by atoms with van der Waals surface area (Å²) in [6.45, 7) is 6.31. The van der Waals surface area contributed by atoms with Crippen molar-refractivity contribution in [3.8, 4) is 0 Å². The van der Waals surface area contributed by atoms with Gasteiger partial charge in [-0.2, -0.15) is 0 Å². The number of carbonyl (C=O) groups excluding carboxylic acids is 3. The van der Waals surface area contributed by atoms with E-state index in [4.69, 9.17) is 76.8 Å². The van der Waals surface area contributed by atoms with E-state index < -0.39 is 23.4 Å². The molecule has 0 fully saturated rings. The van der Waals surface area contributed by atoms with Gasteiger partial charge in [-0.25, -0.2) is 0 Å². The van der Waals surface area contributed by atoms with Crippen molar-refractivity contribution in [2.45, 2.75) is 24.8 Å². The molecule has 0 amide bonds. The van der Waals surface area contributed by atoms with E-state index in [1.165, 1.54) is 0 Å². The van der Waals surface area contributed by atoms with Crippen LogP contribution >= 0.6 is 0 Å². The first-order valence-electron chi connectivity index (χ1n) is 17.8. The van der Waals surface area contributed by atoms with Crippen LogP contribution in [0.25, 0.3) is 0 Å². The molecule has 0 aromatic carbocycles. The summed E-state index contributed by atoms with van der Waals surface area (Å²) >= 11 is 0. The van der Waals surface area contributed by atoms with Crippen LogP contribution in [-0.4, -0.2) is 203 Å². The second kappa shape index (κ2) is 39.6. The molecule has 0 aromatic rings. The lowest BCUT2D eigenvalue weighted by atomic mass is 10.1. The molecule has 0 bridgehead atoms. The van der Waals surface area contributed by atoms with Crippen LogP contribution in [0.1, 0.15) is 19.3 Å². The highest BCUT2D eigenvalue weighted by Crippen LogP contribution is 2.07. The standard InChI is InChI=1S/C34H65NO18/c1-39-10-13-42-16-19-45-22-25-51-31(36)4-7-48-28-34(35,29-49-8-5-32(37)52-26-23-46-20-17-43-14-11-40-2)30-50-9-6-33(38)53-27-24-47-21-18-44-15-12-41-3/h4-30,35H2,1-3H3. The Labute approximate surface area is 313 Å². The third-order valence-corrected chi connectivity index (χ3v) is 6.40. The summed E-state index contributed by atoms with van der Waals surface area (Å²) < 4.78 is 79.0. The number of hydrogen-bond donors (Lipinski definition) is 1. The number of carbonyl (C=O) groups is 3. The first kappa shape index (κ1) is 50.9. The molecule has 0 saturated heterocycles. The average molecular weight is 776 g/mol. The molecule has 0 rings (SSSR count). The van der Waals surface area contributed by atoms with Crippen molar-refractivity contribution in [1.82, 2.24) is 0 Å². The summed E-state index contributed by atoms with van der Waals surface area (Å²) in [6, 6.07) is 0. The second-order valence-electron chi connectivity index (χ2n) is 11.1. The van der Waals surface area contributed by atoms with Crippen molar-refractivity contribution < 1.29 is 85.4 Å². The Morgan fingerprint density at radius 3 is 0.811 bits per heavy atom. The lowest BCUT2D eigenvalue weighted by Gasteiger charge is -2.29. The smallest absolute Gasteiger partial charge is 0.308 e. The monoisotopic (exact) mass is 775 g/mol. The van der Waals surface area contributed by atoms with Gasteiger partial charge in [0, 0.05) is 21.3 Å². The van der Waals surface area contributed by atoms with Crippen LogP contribution < -0.4 is 5.73 Å². The molecule has 0 spiro atoms. The van der Waals surface area contributed by atoms with Gasteiger partial charge in [0.25, 0.3) is 0 Å². The Hall–Kier alpha value is -2.11. The van der Waals surface area contributed by atoms with Crippen molar-refractivity contribution >= 4 is 17.9 Å². The minimum atomic E-state index is -1.16. The Bertz CT molecular complexity index is 737. The highest BCUT2D eigenvalue weighted by atomic mass is 16.6. The molecule has 0 aromatic heterocycles. The quantitative estimate of drug-likeness (QED) is 0.0473. The Kier molecular flexibility index (Phi) is 38.0. The summed E-state index contributed by atoms with van der Waals surface area (Å²) in [5, 5.41) is 0. The lowest BCUT2D eigenvalue weighted by Crippen LogP contribution is -2.53. The average Bonchev–Trinajstić information content (AvgIpc) is 3.15. The number of ether oxygens (including phenoxy) is 15. The molecular weight excluding hydrogens is 710 g/mol. The Morgan fingerprint density at radius 1 is 0.340 bits per heavy atom. The van der Waals surface area contributed by atoms with Crippen LogP contribution in [0.3, 0.4) is 0 Å². The molecule has 0 radical (unpaired) electrons. The van der Waals surface area contributed by atoms with Gasteiger partial charge in [-0.3, -0.25) is 14.4 Å². The number of esters is 3. The maximum atomic E-state index is 12.1. The first-order valence-corrected chi connectivity index (χ1v) is 17.8. The van der Waals surface area contributed by atoms with E-state index >= 15 is 0 Å². The summed E-state index contributed by atoms with van der Waals surface area (Å²) in [5.41, 5.74) is 5.36. The van der Waals surface area contributed by atoms with Gasteiger partial charge in [0.15, 0.2) is 0 Å². The van der Waals surface area contributed by atoms with Gasteiger partial charge in [-0.15, -0.1) is 0 Å². The number of nitrogens with two attached hydrogens (primary N) is 1. The normalized spacial score (nSPS) is 11.5. The van der Waals surface area contributed by atoms with Crippen LogP contribution in [0.2, 0.25) is 0 Å². The van der Waals surface area contributed by atoms with E-state index in [9.17, 15) is 14.4 Å². The van der Waals surface area contributed by atoms with Gasteiger partial charge in [0.1, 0.15) is 19.8 Å². The lowest BCUT2D eigenvalue weighted by molar-refractivity contribution is -0.147. The first-order chi connectivity index (χ1) is 25.9. The van der Waals surface area contributed by atoms with Crippen molar-refractivity contribution in [2.24, 2.45) is 5.73 Å². The molecule has 53 heavy (non-hydrogen) atoms. The molecule has 0 unspecified atom stereocenters. The minimum Gasteiger partial charge on any atom is -0.463 e. The van der Waals surface area contributed by atoms with Gasteiger partial charge in [-0.05, 0) is 0 Å². The fourth-order valence-corrected chi connectivity index (χ4v) is 3.67. The maximum Gasteiger partial charge on any atom is 0.308 e. The van der Waals surface area contributed by atoms with E-state index in [-0.39, 0.29) is 98.5 Å². The van der Waals surface area contributed by atoms with Gasteiger partial charge in [-0.1, -0.05) is 0 Å². The fraction of sp³-hybridized carbons (Fsp3) is 0.912. The zero-order chi connectivity index (χ0) is 38.9. The molecule has 0 aliphatic heterocycles. The van der Waals surface area contributed by atoms with Gasteiger partial charge in [0.2, 0.25) is 0 Å². The molecule has 0 aliphatic carbocycles. The molecule has 19 heteroatoms. The number of rotatable bonds is 42. The maximum absolute atomic E-state index is 12.1. The summed E-state index contributed by atoms with van der Waals surface area (Å²) in [5.74, 6) is -1.38. The van der Waals surface area contributed by atoms with Crippen LogP contribution in [0.5, 0.6) is 0 Å². The van der Waals surface area contributed by atoms with Gasteiger partial charge in [0.05, 0.1) is 164 Å². The molecule has 0 heterocycles. The SMILES string of the molecule is COCCOCCOCCOC(=O)CCOCC(N)(COCCC(=O)OCCOCCOCCOC)COCCC(=O)OCCOCCOCCOC. The van der Waals surface area contributed by atoms with Crippen molar-refractivity contribution in [1.29, 1.82) is 0 Å². The van der Waals surface area contributed by atoms with Crippen molar-refractivity contribution in [3.63, 3.8) is 0 Å².